The Hall–Kier alpha value is -1.32. The molecule has 0 heterocycles. The molecular weight excluding hydrogens is 217 g/mol. The third kappa shape index (κ3) is 2.84. The van der Waals surface area contributed by atoms with E-state index < -0.39 is 11.7 Å². The highest BCUT2D eigenvalue weighted by Crippen LogP contribution is 2.32. The minimum absolute atomic E-state index is 0.181. The number of carbonyl (C=O) groups is 1. The maximum atomic E-state index is 12.5. The van der Waals surface area contributed by atoms with E-state index in [0.717, 1.165) is 24.0 Å². The van der Waals surface area contributed by atoms with Crippen LogP contribution in [0.5, 0.6) is 0 Å². The van der Waals surface area contributed by atoms with Gasteiger partial charge in [-0.05, 0) is 36.1 Å². The Morgan fingerprint density at radius 2 is 2.00 bits per heavy atom. The van der Waals surface area contributed by atoms with Gasteiger partial charge in [-0.15, -0.1) is 0 Å². The molecule has 1 atom stereocenters. The van der Waals surface area contributed by atoms with Gasteiger partial charge in [0.15, 0.2) is 0 Å². The Morgan fingerprint density at radius 3 is 2.50 bits per heavy atom. The molecule has 88 valence electrons. The molecule has 1 unspecified atom stereocenters. The summed E-state index contributed by atoms with van der Waals surface area (Å²) in [4.78, 5) is 10.4. The van der Waals surface area contributed by atoms with Crippen LogP contribution in [0.1, 0.15) is 36.0 Å². The summed E-state index contributed by atoms with van der Waals surface area (Å²) in [6.07, 6.45) is -3.37. The Labute approximate surface area is 92.3 Å². The Kier molecular flexibility index (Phi) is 3.73. The molecule has 0 aliphatic rings. The van der Waals surface area contributed by atoms with Gasteiger partial charge in [-0.1, -0.05) is 13.0 Å². The summed E-state index contributed by atoms with van der Waals surface area (Å²) in [6, 6.07) is 3.63. The number of hydrogen-bond acceptors (Lipinski definition) is 1. The van der Waals surface area contributed by atoms with Crippen molar-refractivity contribution in [3.8, 4) is 0 Å². The van der Waals surface area contributed by atoms with Crippen LogP contribution >= 0.6 is 0 Å². The van der Waals surface area contributed by atoms with E-state index in [1.54, 1.807) is 13.8 Å². The van der Waals surface area contributed by atoms with E-state index in [4.69, 9.17) is 0 Å². The average Bonchev–Trinajstić information content (AvgIpc) is 2.16. The van der Waals surface area contributed by atoms with Crippen molar-refractivity contribution in [2.75, 3.05) is 0 Å². The van der Waals surface area contributed by atoms with Crippen molar-refractivity contribution in [2.45, 2.75) is 32.4 Å². The van der Waals surface area contributed by atoms with Crippen LogP contribution in [0.3, 0.4) is 0 Å². The standard InChI is InChI=1S/C12H13F3O/c1-8-3-4-10(12(13,14)15)7-11(8)9(2)5-6-16/h3-4,6-7,9H,5H2,1-2H3. The monoisotopic (exact) mass is 230 g/mol. The third-order valence-electron chi connectivity index (χ3n) is 2.59. The first-order chi connectivity index (χ1) is 7.36. The minimum Gasteiger partial charge on any atom is -0.303 e. The first-order valence-electron chi connectivity index (χ1n) is 4.97. The molecule has 0 amide bonds. The molecule has 0 aliphatic carbocycles. The molecule has 0 spiro atoms. The topological polar surface area (TPSA) is 17.1 Å². The van der Waals surface area contributed by atoms with E-state index in [9.17, 15) is 18.0 Å². The van der Waals surface area contributed by atoms with Crippen LogP contribution in [-0.4, -0.2) is 6.29 Å². The molecule has 0 bridgehead atoms. The van der Waals surface area contributed by atoms with Gasteiger partial charge in [-0.3, -0.25) is 0 Å². The number of aryl methyl sites for hydroxylation is 1. The quantitative estimate of drug-likeness (QED) is 0.723. The second-order valence-electron chi connectivity index (χ2n) is 3.87. The Morgan fingerprint density at radius 1 is 1.38 bits per heavy atom. The first kappa shape index (κ1) is 12.7. The summed E-state index contributed by atoms with van der Waals surface area (Å²) in [5, 5.41) is 0. The molecular formula is C12H13F3O. The smallest absolute Gasteiger partial charge is 0.303 e. The second kappa shape index (κ2) is 4.68. The van der Waals surface area contributed by atoms with Crippen molar-refractivity contribution < 1.29 is 18.0 Å². The molecule has 0 aromatic heterocycles. The molecule has 1 aromatic rings. The van der Waals surface area contributed by atoms with E-state index in [1.165, 1.54) is 6.07 Å². The van der Waals surface area contributed by atoms with Crippen LogP contribution in [0.2, 0.25) is 0 Å². The lowest BCUT2D eigenvalue weighted by molar-refractivity contribution is -0.137. The van der Waals surface area contributed by atoms with E-state index in [0.29, 0.717) is 5.56 Å². The molecule has 1 aromatic carbocycles. The van der Waals surface area contributed by atoms with Crippen LogP contribution in [0.25, 0.3) is 0 Å². The van der Waals surface area contributed by atoms with Crippen molar-refractivity contribution in [1.82, 2.24) is 0 Å². The zero-order valence-corrected chi connectivity index (χ0v) is 9.14. The van der Waals surface area contributed by atoms with Crippen LogP contribution in [-0.2, 0) is 11.0 Å². The lowest BCUT2D eigenvalue weighted by atomic mass is 9.92. The number of alkyl halides is 3. The normalized spacial score (nSPS) is 13.6. The molecule has 0 aliphatic heterocycles. The van der Waals surface area contributed by atoms with Crippen molar-refractivity contribution in [3.63, 3.8) is 0 Å². The lowest BCUT2D eigenvalue weighted by Gasteiger charge is -2.15. The Balaban J connectivity index is 3.13. The fraction of sp³-hybridized carbons (Fsp3) is 0.417. The summed E-state index contributed by atoms with van der Waals surface area (Å²) < 4.78 is 37.4. The van der Waals surface area contributed by atoms with Crippen LogP contribution in [0, 0.1) is 6.92 Å². The van der Waals surface area contributed by atoms with Crippen molar-refractivity contribution >= 4 is 6.29 Å². The summed E-state index contributed by atoms with van der Waals surface area (Å²) in [5.74, 6) is -0.181. The van der Waals surface area contributed by atoms with Crippen molar-refractivity contribution in [1.29, 1.82) is 0 Å². The lowest BCUT2D eigenvalue weighted by Crippen LogP contribution is -2.07. The predicted molar refractivity (Wildman–Crippen MR) is 55.3 cm³/mol. The molecule has 4 heteroatoms. The van der Waals surface area contributed by atoms with Gasteiger partial charge in [-0.2, -0.15) is 13.2 Å². The number of aldehydes is 1. The largest absolute Gasteiger partial charge is 0.416 e. The highest BCUT2D eigenvalue weighted by atomic mass is 19.4. The summed E-state index contributed by atoms with van der Waals surface area (Å²) in [6.45, 7) is 3.49. The van der Waals surface area contributed by atoms with Crippen molar-refractivity contribution in [3.05, 3.63) is 34.9 Å². The Bertz CT molecular complexity index is 382. The van der Waals surface area contributed by atoms with Gasteiger partial charge in [0.1, 0.15) is 6.29 Å². The highest BCUT2D eigenvalue weighted by Gasteiger charge is 2.31. The molecule has 0 fully saturated rings. The maximum Gasteiger partial charge on any atom is 0.416 e. The molecule has 1 rings (SSSR count). The second-order valence-corrected chi connectivity index (χ2v) is 3.87. The van der Waals surface area contributed by atoms with Gasteiger partial charge in [0, 0.05) is 6.42 Å². The van der Waals surface area contributed by atoms with Crippen LogP contribution in [0.15, 0.2) is 18.2 Å². The summed E-state index contributed by atoms with van der Waals surface area (Å²) >= 11 is 0. The fourth-order valence-electron chi connectivity index (χ4n) is 1.62. The van der Waals surface area contributed by atoms with Gasteiger partial charge in [0.05, 0.1) is 5.56 Å². The van der Waals surface area contributed by atoms with Gasteiger partial charge >= 0.3 is 6.18 Å². The molecule has 0 saturated heterocycles. The first-order valence-corrected chi connectivity index (χ1v) is 4.97. The van der Waals surface area contributed by atoms with Gasteiger partial charge < -0.3 is 4.79 Å². The summed E-state index contributed by atoms with van der Waals surface area (Å²) in [7, 11) is 0. The number of benzene rings is 1. The molecule has 0 N–H and O–H groups in total. The van der Waals surface area contributed by atoms with Gasteiger partial charge in [0.2, 0.25) is 0 Å². The zero-order chi connectivity index (χ0) is 12.3. The highest BCUT2D eigenvalue weighted by molar-refractivity contribution is 5.52. The SMILES string of the molecule is Cc1ccc(C(F)(F)F)cc1C(C)CC=O. The predicted octanol–water partition coefficient (Wildman–Crippen LogP) is 3.71. The van der Waals surface area contributed by atoms with Crippen LogP contribution < -0.4 is 0 Å². The molecule has 0 radical (unpaired) electrons. The van der Waals surface area contributed by atoms with E-state index in [2.05, 4.69) is 0 Å². The maximum absolute atomic E-state index is 12.5. The van der Waals surface area contributed by atoms with Crippen molar-refractivity contribution in [2.24, 2.45) is 0 Å². The van der Waals surface area contributed by atoms with E-state index >= 15 is 0 Å². The summed E-state index contributed by atoms with van der Waals surface area (Å²) in [5.41, 5.74) is 0.704. The van der Waals surface area contributed by atoms with Gasteiger partial charge in [-0.25, -0.2) is 0 Å². The van der Waals surface area contributed by atoms with E-state index in [1.807, 2.05) is 0 Å². The number of halogens is 3. The minimum atomic E-state index is -4.33. The number of hydrogen-bond donors (Lipinski definition) is 0. The number of rotatable bonds is 3. The fourth-order valence-corrected chi connectivity index (χ4v) is 1.62. The molecule has 0 saturated carbocycles. The van der Waals surface area contributed by atoms with Crippen LogP contribution in [0.4, 0.5) is 13.2 Å². The molecule has 16 heavy (non-hydrogen) atoms. The van der Waals surface area contributed by atoms with Gasteiger partial charge in [0.25, 0.3) is 0 Å². The third-order valence-corrected chi connectivity index (χ3v) is 2.59. The van der Waals surface area contributed by atoms with E-state index in [-0.39, 0.29) is 12.3 Å². The zero-order valence-electron chi connectivity index (χ0n) is 9.14. The molecule has 1 nitrogen and oxygen atoms in total. The average molecular weight is 230 g/mol. The number of carbonyl (C=O) groups excluding carboxylic acids is 1.